The molecule has 0 aromatic carbocycles. The molecule has 1 saturated carbocycles. The van der Waals surface area contributed by atoms with E-state index in [0.29, 0.717) is 17.6 Å². The van der Waals surface area contributed by atoms with Crippen molar-refractivity contribution in [1.82, 2.24) is 0 Å². The number of hydrogen-bond donors (Lipinski definition) is 0. The van der Waals surface area contributed by atoms with E-state index in [2.05, 4.69) is 26.8 Å². The third-order valence-electron chi connectivity index (χ3n) is 3.80. The molecule has 0 aromatic rings. The summed E-state index contributed by atoms with van der Waals surface area (Å²) in [6.07, 6.45) is 5.34. The lowest BCUT2D eigenvalue weighted by Crippen LogP contribution is -2.33. The van der Waals surface area contributed by atoms with Crippen LogP contribution in [0.2, 0.25) is 0 Å². The molecule has 0 saturated heterocycles. The summed E-state index contributed by atoms with van der Waals surface area (Å²) in [6.45, 7) is 6.67. The van der Waals surface area contributed by atoms with E-state index in [1.807, 2.05) is 0 Å². The SMILES string of the molecule is CC1=C[C@@H](C)[C@@H]2C(=O)CC[C@]2(C)C1. The minimum Gasteiger partial charge on any atom is -0.299 e. The average molecular weight is 178 g/mol. The summed E-state index contributed by atoms with van der Waals surface area (Å²) in [5, 5.41) is 0. The fourth-order valence-electron chi connectivity index (χ4n) is 3.48. The number of ketones is 1. The third kappa shape index (κ3) is 1.25. The maximum absolute atomic E-state index is 11.7. The topological polar surface area (TPSA) is 17.1 Å². The Labute approximate surface area is 80.2 Å². The van der Waals surface area contributed by atoms with E-state index in [1.54, 1.807) is 0 Å². The molecule has 0 spiro atoms. The summed E-state index contributed by atoms with van der Waals surface area (Å²) in [7, 11) is 0. The van der Waals surface area contributed by atoms with Gasteiger partial charge in [-0.25, -0.2) is 0 Å². The van der Waals surface area contributed by atoms with E-state index in [0.717, 1.165) is 19.3 Å². The lowest BCUT2D eigenvalue weighted by Gasteiger charge is -2.38. The van der Waals surface area contributed by atoms with Crippen LogP contribution in [0.4, 0.5) is 0 Å². The van der Waals surface area contributed by atoms with Crippen molar-refractivity contribution in [3.8, 4) is 0 Å². The van der Waals surface area contributed by atoms with Crippen molar-refractivity contribution in [3.05, 3.63) is 11.6 Å². The monoisotopic (exact) mass is 178 g/mol. The second-order valence-corrected chi connectivity index (χ2v) is 5.15. The first-order valence-corrected chi connectivity index (χ1v) is 5.23. The molecule has 0 heterocycles. The van der Waals surface area contributed by atoms with Crippen molar-refractivity contribution in [2.45, 2.75) is 40.0 Å². The van der Waals surface area contributed by atoms with Gasteiger partial charge >= 0.3 is 0 Å². The lowest BCUT2D eigenvalue weighted by atomic mass is 9.66. The molecule has 0 bridgehead atoms. The standard InChI is InChI=1S/C12H18O/c1-8-6-9(2)11-10(13)4-5-12(11,3)7-8/h6,9,11H,4-5,7H2,1-3H3/t9-,11-,12-/m1/s1. The number of fused-ring (bicyclic) bond motifs is 1. The van der Waals surface area contributed by atoms with E-state index >= 15 is 0 Å². The Hall–Kier alpha value is -0.590. The zero-order valence-electron chi connectivity index (χ0n) is 8.76. The summed E-state index contributed by atoms with van der Waals surface area (Å²) < 4.78 is 0. The molecular formula is C12H18O. The molecule has 3 atom stereocenters. The number of carbonyl (C=O) groups excluding carboxylic acids is 1. The molecule has 13 heavy (non-hydrogen) atoms. The van der Waals surface area contributed by atoms with Crippen molar-refractivity contribution in [3.63, 3.8) is 0 Å². The predicted octanol–water partition coefficient (Wildman–Crippen LogP) is 2.96. The minimum absolute atomic E-state index is 0.287. The Kier molecular flexibility index (Phi) is 1.86. The van der Waals surface area contributed by atoms with Gasteiger partial charge in [0.15, 0.2) is 0 Å². The van der Waals surface area contributed by atoms with Crippen molar-refractivity contribution in [2.24, 2.45) is 17.3 Å². The molecule has 2 rings (SSSR count). The fraction of sp³-hybridized carbons (Fsp3) is 0.750. The van der Waals surface area contributed by atoms with E-state index in [9.17, 15) is 4.79 Å². The van der Waals surface area contributed by atoms with Gasteiger partial charge in [-0.3, -0.25) is 4.79 Å². The van der Waals surface area contributed by atoms with E-state index in [4.69, 9.17) is 0 Å². The van der Waals surface area contributed by atoms with Crippen LogP contribution in [0, 0.1) is 17.3 Å². The van der Waals surface area contributed by atoms with Gasteiger partial charge in [0.1, 0.15) is 5.78 Å². The molecule has 72 valence electrons. The van der Waals surface area contributed by atoms with Crippen LogP contribution < -0.4 is 0 Å². The van der Waals surface area contributed by atoms with Crippen molar-refractivity contribution in [2.75, 3.05) is 0 Å². The van der Waals surface area contributed by atoms with Crippen LogP contribution in [-0.2, 0) is 4.79 Å². The first kappa shape index (κ1) is 8.98. The van der Waals surface area contributed by atoms with Gasteiger partial charge in [0, 0.05) is 12.3 Å². The molecule has 1 heteroatoms. The molecule has 0 aromatic heterocycles. The van der Waals surface area contributed by atoms with E-state index in [-0.39, 0.29) is 5.41 Å². The van der Waals surface area contributed by atoms with Gasteiger partial charge in [0.2, 0.25) is 0 Å². The molecule has 0 unspecified atom stereocenters. The largest absolute Gasteiger partial charge is 0.299 e. The van der Waals surface area contributed by atoms with Gasteiger partial charge in [-0.15, -0.1) is 0 Å². The first-order chi connectivity index (χ1) is 6.03. The molecule has 0 aliphatic heterocycles. The number of allylic oxidation sites excluding steroid dienone is 2. The van der Waals surface area contributed by atoms with Crippen LogP contribution >= 0.6 is 0 Å². The van der Waals surface area contributed by atoms with Crippen LogP contribution in [-0.4, -0.2) is 5.78 Å². The zero-order valence-corrected chi connectivity index (χ0v) is 8.76. The Morgan fingerprint density at radius 2 is 2.23 bits per heavy atom. The Morgan fingerprint density at radius 1 is 1.54 bits per heavy atom. The molecule has 1 nitrogen and oxygen atoms in total. The van der Waals surface area contributed by atoms with E-state index in [1.165, 1.54) is 5.57 Å². The average Bonchev–Trinajstić information content (AvgIpc) is 2.26. The zero-order chi connectivity index (χ0) is 9.64. The van der Waals surface area contributed by atoms with Gasteiger partial charge in [-0.2, -0.15) is 0 Å². The minimum atomic E-state index is 0.287. The van der Waals surface area contributed by atoms with Crippen LogP contribution in [0.1, 0.15) is 40.0 Å². The van der Waals surface area contributed by atoms with E-state index < -0.39 is 0 Å². The van der Waals surface area contributed by atoms with Crippen molar-refractivity contribution >= 4 is 5.78 Å². The maximum Gasteiger partial charge on any atom is 0.137 e. The number of rotatable bonds is 0. The Balaban J connectivity index is 2.37. The maximum atomic E-state index is 11.7. The summed E-state index contributed by atoms with van der Waals surface area (Å²) >= 11 is 0. The number of Topliss-reactive ketones (excluding diaryl/α,β-unsaturated/α-hetero) is 1. The second kappa shape index (κ2) is 2.70. The van der Waals surface area contributed by atoms with Gasteiger partial charge in [0.25, 0.3) is 0 Å². The fourth-order valence-corrected chi connectivity index (χ4v) is 3.48. The summed E-state index contributed by atoms with van der Waals surface area (Å²) in [5.41, 5.74) is 1.76. The van der Waals surface area contributed by atoms with Crippen LogP contribution in [0.5, 0.6) is 0 Å². The molecule has 2 aliphatic carbocycles. The molecular weight excluding hydrogens is 160 g/mol. The molecule has 2 aliphatic rings. The first-order valence-electron chi connectivity index (χ1n) is 5.23. The number of carbonyl (C=O) groups is 1. The van der Waals surface area contributed by atoms with Crippen molar-refractivity contribution in [1.29, 1.82) is 0 Å². The summed E-state index contributed by atoms with van der Waals surface area (Å²) in [6, 6.07) is 0. The predicted molar refractivity (Wildman–Crippen MR) is 53.4 cm³/mol. The number of hydrogen-bond acceptors (Lipinski definition) is 1. The highest BCUT2D eigenvalue weighted by atomic mass is 16.1. The third-order valence-corrected chi connectivity index (χ3v) is 3.80. The van der Waals surface area contributed by atoms with Crippen LogP contribution in [0.3, 0.4) is 0 Å². The van der Waals surface area contributed by atoms with Crippen molar-refractivity contribution < 1.29 is 4.79 Å². The molecule has 1 fully saturated rings. The highest BCUT2D eigenvalue weighted by Crippen LogP contribution is 2.51. The highest BCUT2D eigenvalue weighted by molar-refractivity contribution is 5.85. The summed E-state index contributed by atoms with van der Waals surface area (Å²) in [4.78, 5) is 11.7. The van der Waals surface area contributed by atoms with Gasteiger partial charge < -0.3 is 0 Å². The Bertz CT molecular complexity index is 277. The quantitative estimate of drug-likeness (QED) is 0.521. The highest BCUT2D eigenvalue weighted by Gasteiger charge is 2.48. The molecule has 0 N–H and O–H groups in total. The van der Waals surface area contributed by atoms with Crippen LogP contribution in [0.15, 0.2) is 11.6 Å². The Morgan fingerprint density at radius 3 is 2.92 bits per heavy atom. The van der Waals surface area contributed by atoms with Gasteiger partial charge in [-0.1, -0.05) is 25.5 Å². The van der Waals surface area contributed by atoms with Gasteiger partial charge in [0.05, 0.1) is 0 Å². The molecule has 0 radical (unpaired) electrons. The second-order valence-electron chi connectivity index (χ2n) is 5.15. The summed E-state index contributed by atoms with van der Waals surface area (Å²) in [5.74, 6) is 1.28. The normalized spacial score (nSPS) is 44.5. The molecule has 0 amide bonds. The lowest BCUT2D eigenvalue weighted by molar-refractivity contribution is -0.123. The van der Waals surface area contributed by atoms with Crippen LogP contribution in [0.25, 0.3) is 0 Å². The van der Waals surface area contributed by atoms with Gasteiger partial charge in [-0.05, 0) is 31.1 Å². The smallest absolute Gasteiger partial charge is 0.137 e.